The highest BCUT2D eigenvalue weighted by Gasteiger charge is 2.33. The van der Waals surface area contributed by atoms with E-state index in [0.717, 1.165) is 23.0 Å². The molecule has 108 valence electrons. The number of aromatic amines is 1. The Morgan fingerprint density at radius 1 is 1.30 bits per heavy atom. The minimum Gasteiger partial charge on any atom is -0.380 e. The Hall–Kier alpha value is -1.69. The number of hydrogen-bond acceptors (Lipinski definition) is 2. The van der Waals surface area contributed by atoms with Crippen molar-refractivity contribution in [3.63, 3.8) is 0 Å². The summed E-state index contributed by atoms with van der Waals surface area (Å²) >= 11 is 5.63. The maximum Gasteiger partial charge on any atom is 0.418 e. The maximum atomic E-state index is 12.9. The summed E-state index contributed by atoms with van der Waals surface area (Å²) in [6, 6.07) is 3.67. The second-order valence-corrected chi connectivity index (χ2v) is 4.89. The van der Waals surface area contributed by atoms with Crippen molar-refractivity contribution in [2.75, 3.05) is 5.32 Å². The molecule has 0 saturated carbocycles. The van der Waals surface area contributed by atoms with E-state index < -0.39 is 11.7 Å². The van der Waals surface area contributed by atoms with Gasteiger partial charge in [0.15, 0.2) is 0 Å². The van der Waals surface area contributed by atoms with Crippen molar-refractivity contribution >= 4 is 17.3 Å². The van der Waals surface area contributed by atoms with Gasteiger partial charge in [0.1, 0.15) is 0 Å². The summed E-state index contributed by atoms with van der Waals surface area (Å²) < 4.78 is 38.8. The van der Waals surface area contributed by atoms with Crippen molar-refractivity contribution < 1.29 is 13.2 Å². The standard InChI is InChI=1S/C13H13ClF3N3/c1-7-10(8(2)20-19-7)6-18-12-4-3-9(14)5-11(12)13(15,16)17/h3-5,18H,6H2,1-2H3,(H,19,20). The van der Waals surface area contributed by atoms with Gasteiger partial charge in [-0.25, -0.2) is 0 Å². The SMILES string of the molecule is Cc1n[nH]c(C)c1CNc1ccc(Cl)cc1C(F)(F)F. The molecule has 1 heterocycles. The summed E-state index contributed by atoms with van der Waals surface area (Å²) in [6.45, 7) is 3.88. The normalized spacial score (nSPS) is 11.7. The molecule has 0 aliphatic rings. The van der Waals surface area contributed by atoms with E-state index >= 15 is 0 Å². The van der Waals surface area contributed by atoms with Crippen molar-refractivity contribution in [2.24, 2.45) is 0 Å². The molecule has 2 rings (SSSR count). The number of rotatable bonds is 3. The molecule has 2 aromatic rings. The third-order valence-corrected chi connectivity index (χ3v) is 3.26. The van der Waals surface area contributed by atoms with Crippen LogP contribution in [0.25, 0.3) is 0 Å². The van der Waals surface area contributed by atoms with Crippen LogP contribution in [-0.2, 0) is 12.7 Å². The Balaban J connectivity index is 2.26. The predicted octanol–water partition coefficient (Wildman–Crippen LogP) is 4.31. The number of aryl methyl sites for hydroxylation is 2. The van der Waals surface area contributed by atoms with Crippen LogP contribution < -0.4 is 5.32 Å². The number of nitrogens with one attached hydrogen (secondary N) is 2. The highest BCUT2D eigenvalue weighted by atomic mass is 35.5. The molecule has 0 aliphatic carbocycles. The molecule has 0 aliphatic heterocycles. The first kappa shape index (κ1) is 14.7. The first-order valence-electron chi connectivity index (χ1n) is 5.90. The lowest BCUT2D eigenvalue weighted by atomic mass is 10.1. The molecular formula is C13H13ClF3N3. The molecule has 0 unspecified atom stereocenters. The van der Waals surface area contributed by atoms with E-state index in [1.165, 1.54) is 12.1 Å². The number of halogens is 4. The van der Waals surface area contributed by atoms with E-state index in [1.807, 2.05) is 6.92 Å². The largest absolute Gasteiger partial charge is 0.418 e. The number of benzene rings is 1. The fourth-order valence-electron chi connectivity index (χ4n) is 1.92. The van der Waals surface area contributed by atoms with Crippen LogP contribution in [0.2, 0.25) is 5.02 Å². The van der Waals surface area contributed by atoms with Gasteiger partial charge in [-0.05, 0) is 32.0 Å². The van der Waals surface area contributed by atoms with Crippen molar-refractivity contribution in [1.82, 2.24) is 10.2 Å². The molecule has 1 aromatic carbocycles. The van der Waals surface area contributed by atoms with Gasteiger partial charge >= 0.3 is 6.18 Å². The zero-order chi connectivity index (χ0) is 14.9. The van der Waals surface area contributed by atoms with Gasteiger partial charge in [-0.2, -0.15) is 18.3 Å². The Kier molecular flexibility index (Phi) is 3.94. The zero-order valence-electron chi connectivity index (χ0n) is 10.9. The molecule has 1 aromatic heterocycles. The monoisotopic (exact) mass is 303 g/mol. The van der Waals surface area contributed by atoms with E-state index in [1.54, 1.807) is 6.92 Å². The molecular weight excluding hydrogens is 291 g/mol. The van der Waals surface area contributed by atoms with Crippen LogP contribution in [0.3, 0.4) is 0 Å². The van der Waals surface area contributed by atoms with Gasteiger partial charge in [0.2, 0.25) is 0 Å². The first-order valence-corrected chi connectivity index (χ1v) is 6.28. The summed E-state index contributed by atoms with van der Waals surface area (Å²) in [6.07, 6.45) is -4.45. The number of alkyl halides is 3. The molecule has 7 heteroatoms. The van der Waals surface area contributed by atoms with Crippen LogP contribution in [0.5, 0.6) is 0 Å². The highest BCUT2D eigenvalue weighted by Crippen LogP contribution is 2.36. The third-order valence-electron chi connectivity index (χ3n) is 3.02. The maximum absolute atomic E-state index is 12.9. The molecule has 0 radical (unpaired) electrons. The third kappa shape index (κ3) is 3.07. The lowest BCUT2D eigenvalue weighted by molar-refractivity contribution is -0.136. The number of anilines is 1. The highest BCUT2D eigenvalue weighted by molar-refractivity contribution is 6.30. The summed E-state index contributed by atoms with van der Waals surface area (Å²) in [4.78, 5) is 0. The van der Waals surface area contributed by atoms with Crippen LogP contribution in [0.4, 0.5) is 18.9 Å². The average molecular weight is 304 g/mol. The Morgan fingerprint density at radius 3 is 2.55 bits per heavy atom. The van der Waals surface area contributed by atoms with Gasteiger partial charge in [0.25, 0.3) is 0 Å². The molecule has 0 fully saturated rings. The van der Waals surface area contributed by atoms with Gasteiger partial charge in [-0.15, -0.1) is 0 Å². The van der Waals surface area contributed by atoms with Crippen molar-refractivity contribution in [3.05, 3.63) is 45.7 Å². The first-order chi connectivity index (χ1) is 9.29. The topological polar surface area (TPSA) is 40.7 Å². The smallest absolute Gasteiger partial charge is 0.380 e. The summed E-state index contributed by atoms with van der Waals surface area (Å²) in [7, 11) is 0. The Labute approximate surface area is 119 Å². The van der Waals surface area contributed by atoms with Gasteiger partial charge < -0.3 is 5.32 Å². The fraction of sp³-hybridized carbons (Fsp3) is 0.308. The quantitative estimate of drug-likeness (QED) is 0.887. The Bertz CT molecular complexity index is 600. The van der Waals surface area contributed by atoms with Crippen LogP contribution in [0, 0.1) is 13.8 Å². The zero-order valence-corrected chi connectivity index (χ0v) is 11.7. The van der Waals surface area contributed by atoms with E-state index in [4.69, 9.17) is 11.6 Å². The lowest BCUT2D eigenvalue weighted by Gasteiger charge is -2.15. The second-order valence-electron chi connectivity index (χ2n) is 4.45. The van der Waals surface area contributed by atoms with E-state index in [0.29, 0.717) is 0 Å². The summed E-state index contributed by atoms with van der Waals surface area (Å²) in [5.74, 6) is 0. The number of nitrogens with zero attached hydrogens (tertiary/aromatic N) is 1. The summed E-state index contributed by atoms with van der Waals surface area (Å²) in [5.41, 5.74) is 1.67. The molecule has 0 spiro atoms. The second kappa shape index (κ2) is 5.36. The fourth-order valence-corrected chi connectivity index (χ4v) is 2.10. The Morgan fingerprint density at radius 2 is 2.00 bits per heavy atom. The molecule has 0 bridgehead atoms. The molecule has 2 N–H and O–H groups in total. The molecule has 20 heavy (non-hydrogen) atoms. The van der Waals surface area contributed by atoms with Crippen LogP contribution in [-0.4, -0.2) is 10.2 Å². The van der Waals surface area contributed by atoms with Gasteiger partial charge in [0, 0.05) is 28.5 Å². The summed E-state index contributed by atoms with van der Waals surface area (Å²) in [5, 5.41) is 9.65. The minimum atomic E-state index is -4.45. The average Bonchev–Trinajstić information content (AvgIpc) is 2.67. The van der Waals surface area contributed by atoms with E-state index in [9.17, 15) is 13.2 Å². The number of H-pyrrole nitrogens is 1. The van der Waals surface area contributed by atoms with Crippen LogP contribution >= 0.6 is 11.6 Å². The number of aromatic nitrogens is 2. The van der Waals surface area contributed by atoms with Crippen molar-refractivity contribution in [2.45, 2.75) is 26.6 Å². The molecule has 3 nitrogen and oxygen atoms in total. The molecule has 0 saturated heterocycles. The van der Waals surface area contributed by atoms with E-state index in [2.05, 4.69) is 15.5 Å². The molecule has 0 amide bonds. The van der Waals surface area contributed by atoms with Gasteiger partial charge in [-0.1, -0.05) is 11.6 Å². The van der Waals surface area contributed by atoms with Crippen molar-refractivity contribution in [3.8, 4) is 0 Å². The lowest BCUT2D eigenvalue weighted by Crippen LogP contribution is -2.11. The predicted molar refractivity (Wildman–Crippen MR) is 71.8 cm³/mol. The van der Waals surface area contributed by atoms with E-state index in [-0.39, 0.29) is 17.3 Å². The van der Waals surface area contributed by atoms with Crippen LogP contribution in [0.15, 0.2) is 18.2 Å². The van der Waals surface area contributed by atoms with Crippen LogP contribution in [0.1, 0.15) is 22.5 Å². The molecule has 0 atom stereocenters. The van der Waals surface area contributed by atoms with Gasteiger partial charge in [-0.3, -0.25) is 5.10 Å². The minimum absolute atomic E-state index is 0.00176. The van der Waals surface area contributed by atoms with Gasteiger partial charge in [0.05, 0.1) is 11.3 Å². The van der Waals surface area contributed by atoms with Crippen molar-refractivity contribution in [1.29, 1.82) is 0 Å². The number of hydrogen-bond donors (Lipinski definition) is 2.